The Kier molecular flexibility index (Phi) is 7.80. The number of piperazine rings is 1. The van der Waals surface area contributed by atoms with Gasteiger partial charge in [-0.25, -0.2) is 0 Å². The van der Waals surface area contributed by atoms with Crippen molar-refractivity contribution in [1.29, 1.82) is 0 Å². The molecule has 3 aliphatic rings. The van der Waals surface area contributed by atoms with Gasteiger partial charge in [0, 0.05) is 79.8 Å². The number of fused-ring (bicyclic) bond motifs is 2. The van der Waals surface area contributed by atoms with Crippen molar-refractivity contribution in [3.05, 3.63) is 87.5 Å². The van der Waals surface area contributed by atoms with Gasteiger partial charge in [0.1, 0.15) is 0 Å². The van der Waals surface area contributed by atoms with Gasteiger partial charge in [-0.15, -0.1) is 0 Å². The van der Waals surface area contributed by atoms with Crippen LogP contribution in [0, 0.1) is 10.1 Å². The van der Waals surface area contributed by atoms with Gasteiger partial charge in [-0.2, -0.15) is 4.89 Å². The number of hydrogen-bond donors (Lipinski definition) is 2. The van der Waals surface area contributed by atoms with Gasteiger partial charge < -0.3 is 25.3 Å². The van der Waals surface area contributed by atoms with E-state index in [1.165, 1.54) is 12.1 Å². The van der Waals surface area contributed by atoms with Crippen LogP contribution in [-0.4, -0.2) is 80.0 Å². The highest BCUT2D eigenvalue weighted by atomic mass is 17.2. The van der Waals surface area contributed by atoms with E-state index in [1.54, 1.807) is 24.1 Å². The number of benzene rings is 3. The lowest BCUT2D eigenvalue weighted by molar-refractivity contribution is -0.384. The Balaban J connectivity index is 1.30. The van der Waals surface area contributed by atoms with Crippen molar-refractivity contribution in [2.75, 3.05) is 69.0 Å². The fourth-order valence-corrected chi connectivity index (χ4v) is 5.41. The number of nitrogens with zero attached hydrogens (tertiary/aromatic N) is 4. The van der Waals surface area contributed by atoms with Gasteiger partial charge in [-0.05, 0) is 43.4 Å². The molecule has 0 bridgehead atoms. The number of non-ortho nitro benzene ring substituents is 1. The van der Waals surface area contributed by atoms with E-state index in [-0.39, 0.29) is 11.6 Å². The number of carbonyl (C=O) groups excluding carboxylic acids is 2. The summed E-state index contributed by atoms with van der Waals surface area (Å²) in [6.07, 6.45) is 0.699. The lowest BCUT2D eigenvalue weighted by Gasteiger charge is -2.32. The largest absolute Gasteiger partial charge is 0.354 e. The SMILES string of the molecule is CN1CCN(CC(=O)N(C)c2ccc(N/C(=C3\C(=O)Nc4cc([N+](=O)[O-])ccc43)c3ccc4c(c3)OOCC4)cc2)CC1. The van der Waals surface area contributed by atoms with E-state index < -0.39 is 10.8 Å². The predicted molar refractivity (Wildman–Crippen MR) is 163 cm³/mol. The number of amides is 2. The molecule has 12 heteroatoms. The molecule has 12 nitrogen and oxygen atoms in total. The summed E-state index contributed by atoms with van der Waals surface area (Å²) in [6.45, 7) is 4.42. The molecular formula is C31H32N6O6. The summed E-state index contributed by atoms with van der Waals surface area (Å²) in [5.74, 6) is 0.179. The first-order valence-electron chi connectivity index (χ1n) is 14.1. The summed E-state index contributed by atoms with van der Waals surface area (Å²) in [4.78, 5) is 53.8. The molecule has 1 fully saturated rings. The molecule has 3 aromatic carbocycles. The summed E-state index contributed by atoms with van der Waals surface area (Å²) in [7, 11) is 3.85. The van der Waals surface area contributed by atoms with Crippen LogP contribution in [0.25, 0.3) is 11.3 Å². The van der Waals surface area contributed by atoms with Crippen LogP contribution in [0.15, 0.2) is 60.7 Å². The fraction of sp³-hybridized carbons (Fsp3) is 0.290. The zero-order chi connectivity index (χ0) is 30.1. The minimum Gasteiger partial charge on any atom is -0.354 e. The molecule has 3 heterocycles. The van der Waals surface area contributed by atoms with Gasteiger partial charge in [0.25, 0.3) is 11.6 Å². The minimum atomic E-state index is -0.497. The fourth-order valence-electron chi connectivity index (χ4n) is 5.41. The zero-order valence-electron chi connectivity index (χ0n) is 24.0. The van der Waals surface area contributed by atoms with E-state index in [0.717, 1.165) is 37.4 Å². The summed E-state index contributed by atoms with van der Waals surface area (Å²) >= 11 is 0. The Bertz CT molecular complexity index is 1610. The van der Waals surface area contributed by atoms with Crippen LogP contribution < -0.4 is 20.4 Å². The maximum Gasteiger partial charge on any atom is 0.271 e. The molecule has 0 aromatic heterocycles. The van der Waals surface area contributed by atoms with Crippen LogP contribution in [0.3, 0.4) is 0 Å². The molecular weight excluding hydrogens is 552 g/mol. The number of anilines is 3. The second kappa shape index (κ2) is 11.8. The van der Waals surface area contributed by atoms with Crippen molar-refractivity contribution in [3.63, 3.8) is 0 Å². The predicted octanol–water partition coefficient (Wildman–Crippen LogP) is 3.60. The first-order chi connectivity index (χ1) is 20.8. The number of rotatable bonds is 7. The Hall–Kier alpha value is -4.78. The molecule has 222 valence electrons. The highest BCUT2D eigenvalue weighted by molar-refractivity contribution is 6.37. The molecule has 0 atom stereocenters. The Morgan fingerprint density at radius 2 is 1.84 bits per heavy atom. The lowest BCUT2D eigenvalue weighted by Crippen LogP contribution is -2.48. The van der Waals surface area contributed by atoms with Gasteiger partial charge in [-0.1, -0.05) is 12.1 Å². The molecule has 2 amide bonds. The first kappa shape index (κ1) is 28.3. The molecule has 0 unspecified atom stereocenters. The van der Waals surface area contributed by atoms with Gasteiger partial charge in [0.05, 0.1) is 35.0 Å². The van der Waals surface area contributed by atoms with E-state index in [4.69, 9.17) is 9.78 Å². The van der Waals surface area contributed by atoms with Crippen LogP contribution in [-0.2, 0) is 20.9 Å². The van der Waals surface area contributed by atoms with Gasteiger partial charge >= 0.3 is 0 Å². The zero-order valence-corrected chi connectivity index (χ0v) is 24.0. The summed E-state index contributed by atoms with van der Waals surface area (Å²) in [6, 6.07) is 17.3. The minimum absolute atomic E-state index is 0.0117. The van der Waals surface area contributed by atoms with E-state index in [9.17, 15) is 19.7 Å². The van der Waals surface area contributed by atoms with Crippen LogP contribution in [0.1, 0.15) is 16.7 Å². The second-order valence-electron chi connectivity index (χ2n) is 10.9. The van der Waals surface area contributed by atoms with Crippen LogP contribution in [0.4, 0.5) is 22.7 Å². The Morgan fingerprint density at radius 3 is 2.58 bits per heavy atom. The third-order valence-electron chi connectivity index (χ3n) is 8.02. The van der Waals surface area contributed by atoms with Crippen LogP contribution in [0.5, 0.6) is 5.75 Å². The van der Waals surface area contributed by atoms with Crippen LogP contribution >= 0.6 is 0 Å². The molecule has 0 spiro atoms. The molecule has 6 rings (SSSR count). The van der Waals surface area contributed by atoms with Gasteiger partial charge in [0.2, 0.25) is 5.91 Å². The topological polar surface area (TPSA) is 130 Å². The normalized spacial score (nSPS) is 17.8. The van der Waals surface area contributed by atoms with E-state index in [0.29, 0.717) is 59.1 Å². The van der Waals surface area contributed by atoms with E-state index in [1.807, 2.05) is 36.4 Å². The molecule has 0 radical (unpaired) electrons. The molecule has 1 saturated heterocycles. The highest BCUT2D eigenvalue weighted by Crippen LogP contribution is 2.40. The molecule has 2 N–H and O–H groups in total. The summed E-state index contributed by atoms with van der Waals surface area (Å²) in [5.41, 5.74) is 4.71. The number of carbonyl (C=O) groups is 2. The summed E-state index contributed by atoms with van der Waals surface area (Å²) in [5, 5.41) is 17.5. The number of likely N-dealkylation sites (N-methyl/N-ethyl adjacent to an activating group) is 2. The standard InChI is InChI=1S/C31H32N6O6/c1-34-12-14-36(15-13-34)19-28(38)35(2)23-7-5-22(6-8-23)32-30(21-4-3-20-11-16-42-43-27(20)17-21)29-25-10-9-24(37(40)41)18-26(25)33-31(29)39/h3-10,17-18,32H,11-16,19H2,1-2H3,(H,33,39)/b30-29-. The maximum atomic E-state index is 13.3. The average Bonchev–Trinajstić information content (AvgIpc) is 3.35. The highest BCUT2D eigenvalue weighted by Gasteiger charge is 2.31. The number of nitrogens with one attached hydrogen (secondary N) is 2. The number of nitro benzene ring substituents is 1. The Morgan fingerprint density at radius 1 is 1.07 bits per heavy atom. The smallest absolute Gasteiger partial charge is 0.271 e. The van der Waals surface area contributed by atoms with Crippen molar-refractivity contribution in [2.24, 2.45) is 0 Å². The third kappa shape index (κ3) is 5.93. The maximum absolute atomic E-state index is 13.3. The lowest BCUT2D eigenvalue weighted by atomic mass is 9.98. The van der Waals surface area contributed by atoms with E-state index in [2.05, 4.69) is 27.5 Å². The summed E-state index contributed by atoms with van der Waals surface area (Å²) < 4.78 is 0. The first-order valence-corrected chi connectivity index (χ1v) is 14.1. The molecule has 0 saturated carbocycles. The van der Waals surface area contributed by atoms with Crippen molar-refractivity contribution < 1.29 is 24.3 Å². The molecule has 3 aliphatic heterocycles. The number of nitro groups is 1. The van der Waals surface area contributed by atoms with Crippen molar-refractivity contribution in [3.8, 4) is 5.75 Å². The van der Waals surface area contributed by atoms with Crippen molar-refractivity contribution >= 4 is 45.8 Å². The van der Waals surface area contributed by atoms with Gasteiger partial charge in [-0.3, -0.25) is 24.6 Å². The monoisotopic (exact) mass is 584 g/mol. The van der Waals surface area contributed by atoms with Crippen molar-refractivity contribution in [2.45, 2.75) is 6.42 Å². The van der Waals surface area contributed by atoms with E-state index >= 15 is 0 Å². The van der Waals surface area contributed by atoms with Crippen molar-refractivity contribution in [1.82, 2.24) is 9.80 Å². The quantitative estimate of drug-likeness (QED) is 0.185. The Labute approximate surface area is 248 Å². The third-order valence-corrected chi connectivity index (χ3v) is 8.02. The second-order valence-corrected chi connectivity index (χ2v) is 10.9. The molecule has 3 aromatic rings. The average molecular weight is 585 g/mol. The molecule has 43 heavy (non-hydrogen) atoms. The van der Waals surface area contributed by atoms with Gasteiger partial charge in [0.15, 0.2) is 5.75 Å². The van der Waals surface area contributed by atoms with Crippen LogP contribution in [0.2, 0.25) is 0 Å². The number of hydrogen-bond acceptors (Lipinski definition) is 9. The molecule has 0 aliphatic carbocycles.